The summed E-state index contributed by atoms with van der Waals surface area (Å²) in [6.45, 7) is 2.00. The van der Waals surface area contributed by atoms with Gasteiger partial charge in [-0.25, -0.2) is 4.98 Å². The fourth-order valence-electron chi connectivity index (χ4n) is 3.78. The number of hydrogen-bond donors (Lipinski definition) is 1. The maximum Gasteiger partial charge on any atom is 0.119 e. The van der Waals surface area contributed by atoms with E-state index in [4.69, 9.17) is 14.7 Å². The molecule has 0 fully saturated rings. The van der Waals surface area contributed by atoms with Crippen LogP contribution in [0.1, 0.15) is 17.1 Å². The zero-order valence-corrected chi connectivity index (χ0v) is 17.5. The standard InChI is InChI=1S/C26H22N4O/c1-17-6-3-10-23(28-17)26-25(20-11-12-22-19(16-20)8-5-13-27-22)29-24(30-26)15-18-7-4-9-21(14-18)31-2/h3-14,16H,15H2,1-2H3,(H,29,30). The molecule has 0 saturated heterocycles. The zero-order valence-electron chi connectivity index (χ0n) is 17.5. The smallest absolute Gasteiger partial charge is 0.119 e. The minimum Gasteiger partial charge on any atom is -0.497 e. The molecule has 5 nitrogen and oxygen atoms in total. The molecule has 0 amide bonds. The van der Waals surface area contributed by atoms with Crippen molar-refractivity contribution in [1.29, 1.82) is 0 Å². The highest BCUT2D eigenvalue weighted by molar-refractivity contribution is 5.86. The van der Waals surface area contributed by atoms with Crippen LogP contribution in [0.15, 0.2) is 79.0 Å². The normalized spacial score (nSPS) is 11.0. The van der Waals surface area contributed by atoms with E-state index in [1.807, 2.05) is 61.7 Å². The van der Waals surface area contributed by atoms with Crippen molar-refractivity contribution in [3.8, 4) is 28.4 Å². The van der Waals surface area contributed by atoms with Gasteiger partial charge in [-0.05, 0) is 55.0 Å². The van der Waals surface area contributed by atoms with Crippen LogP contribution in [-0.4, -0.2) is 27.0 Å². The minimum absolute atomic E-state index is 0.672. The summed E-state index contributed by atoms with van der Waals surface area (Å²) in [5.41, 5.74) is 6.79. The number of nitrogens with one attached hydrogen (secondary N) is 1. The van der Waals surface area contributed by atoms with Crippen LogP contribution >= 0.6 is 0 Å². The molecule has 3 heterocycles. The van der Waals surface area contributed by atoms with Crippen molar-refractivity contribution >= 4 is 10.9 Å². The lowest BCUT2D eigenvalue weighted by Gasteiger charge is -2.05. The van der Waals surface area contributed by atoms with Crippen LogP contribution in [0.25, 0.3) is 33.5 Å². The van der Waals surface area contributed by atoms with Gasteiger partial charge in [-0.2, -0.15) is 0 Å². The summed E-state index contributed by atoms with van der Waals surface area (Å²) in [6.07, 6.45) is 2.48. The average Bonchev–Trinajstić information content (AvgIpc) is 3.22. The number of nitrogens with zero attached hydrogens (tertiary/aromatic N) is 3. The highest BCUT2D eigenvalue weighted by Gasteiger charge is 2.16. The fourth-order valence-corrected chi connectivity index (χ4v) is 3.78. The third kappa shape index (κ3) is 3.90. The summed E-state index contributed by atoms with van der Waals surface area (Å²) < 4.78 is 5.37. The highest BCUT2D eigenvalue weighted by atomic mass is 16.5. The molecule has 31 heavy (non-hydrogen) atoms. The Bertz CT molecular complexity index is 1370. The zero-order chi connectivity index (χ0) is 21.2. The van der Waals surface area contributed by atoms with E-state index >= 15 is 0 Å². The van der Waals surface area contributed by atoms with Gasteiger partial charge in [0.05, 0.1) is 29.7 Å². The van der Waals surface area contributed by atoms with Crippen molar-refractivity contribution in [2.45, 2.75) is 13.3 Å². The number of aryl methyl sites for hydroxylation is 1. The van der Waals surface area contributed by atoms with Gasteiger partial charge in [0.25, 0.3) is 0 Å². The van der Waals surface area contributed by atoms with E-state index in [0.717, 1.165) is 56.4 Å². The first-order valence-electron chi connectivity index (χ1n) is 10.2. The average molecular weight is 406 g/mol. The molecule has 0 radical (unpaired) electrons. The fraction of sp³-hybridized carbons (Fsp3) is 0.115. The predicted octanol–water partition coefficient (Wildman–Crippen LogP) is 5.59. The molecule has 3 aromatic heterocycles. The molecule has 5 heteroatoms. The van der Waals surface area contributed by atoms with Gasteiger partial charge in [-0.1, -0.05) is 30.3 Å². The van der Waals surface area contributed by atoms with Crippen molar-refractivity contribution in [2.75, 3.05) is 7.11 Å². The number of fused-ring (bicyclic) bond motifs is 1. The Morgan fingerprint density at radius 1 is 0.903 bits per heavy atom. The van der Waals surface area contributed by atoms with E-state index < -0.39 is 0 Å². The molecule has 0 saturated carbocycles. The summed E-state index contributed by atoms with van der Waals surface area (Å²) in [6, 6.07) is 24.4. The molecular formula is C26H22N4O. The first kappa shape index (κ1) is 19.0. The molecule has 0 atom stereocenters. The number of rotatable bonds is 5. The van der Waals surface area contributed by atoms with Crippen LogP contribution in [0, 0.1) is 6.92 Å². The van der Waals surface area contributed by atoms with Crippen molar-refractivity contribution < 1.29 is 4.74 Å². The molecule has 2 aromatic carbocycles. The summed E-state index contributed by atoms with van der Waals surface area (Å²) in [5.74, 6) is 1.72. The second-order valence-electron chi connectivity index (χ2n) is 7.51. The summed E-state index contributed by atoms with van der Waals surface area (Å²) >= 11 is 0. The molecule has 5 rings (SSSR count). The van der Waals surface area contributed by atoms with Gasteiger partial charge in [0, 0.05) is 29.3 Å². The van der Waals surface area contributed by atoms with Crippen molar-refractivity contribution in [2.24, 2.45) is 0 Å². The quantitative estimate of drug-likeness (QED) is 0.413. The van der Waals surface area contributed by atoms with Gasteiger partial charge in [-0.15, -0.1) is 0 Å². The van der Waals surface area contributed by atoms with Gasteiger partial charge < -0.3 is 9.72 Å². The maximum atomic E-state index is 5.37. The molecule has 0 unspecified atom stereocenters. The molecule has 0 bridgehead atoms. The third-order valence-corrected chi connectivity index (χ3v) is 5.28. The number of methoxy groups -OCH3 is 1. The summed E-state index contributed by atoms with van der Waals surface area (Å²) in [5, 5.41) is 1.08. The second-order valence-corrected chi connectivity index (χ2v) is 7.51. The first-order valence-corrected chi connectivity index (χ1v) is 10.2. The van der Waals surface area contributed by atoms with E-state index in [1.165, 1.54) is 0 Å². The van der Waals surface area contributed by atoms with E-state index in [1.54, 1.807) is 7.11 Å². The number of imidazole rings is 1. The van der Waals surface area contributed by atoms with Crippen LogP contribution < -0.4 is 4.74 Å². The number of ether oxygens (including phenoxy) is 1. The monoisotopic (exact) mass is 406 g/mol. The molecular weight excluding hydrogens is 384 g/mol. The number of benzene rings is 2. The van der Waals surface area contributed by atoms with Crippen LogP contribution in [0.3, 0.4) is 0 Å². The SMILES string of the molecule is COc1cccc(Cc2nc(-c3ccc4ncccc4c3)c(-c3cccc(C)n3)[nH]2)c1. The Hall–Kier alpha value is -3.99. The molecule has 5 aromatic rings. The number of aromatic amines is 1. The van der Waals surface area contributed by atoms with Crippen LogP contribution in [0.2, 0.25) is 0 Å². The Morgan fingerprint density at radius 2 is 1.81 bits per heavy atom. The minimum atomic E-state index is 0.672. The molecule has 0 spiro atoms. The largest absolute Gasteiger partial charge is 0.497 e. The number of hydrogen-bond acceptors (Lipinski definition) is 4. The third-order valence-electron chi connectivity index (χ3n) is 5.28. The molecule has 0 aliphatic carbocycles. The lowest BCUT2D eigenvalue weighted by atomic mass is 10.1. The lowest BCUT2D eigenvalue weighted by Crippen LogP contribution is -1.92. The summed E-state index contributed by atoms with van der Waals surface area (Å²) in [4.78, 5) is 17.7. The molecule has 1 N–H and O–H groups in total. The van der Waals surface area contributed by atoms with Gasteiger partial charge in [0.2, 0.25) is 0 Å². The number of aromatic nitrogens is 4. The van der Waals surface area contributed by atoms with E-state index in [0.29, 0.717) is 6.42 Å². The van der Waals surface area contributed by atoms with Crippen molar-refractivity contribution in [3.05, 3.63) is 96.1 Å². The second kappa shape index (κ2) is 8.03. The van der Waals surface area contributed by atoms with E-state index in [9.17, 15) is 0 Å². The Labute approximate surface area is 180 Å². The van der Waals surface area contributed by atoms with Crippen LogP contribution in [0.4, 0.5) is 0 Å². The lowest BCUT2D eigenvalue weighted by molar-refractivity contribution is 0.414. The molecule has 0 aliphatic heterocycles. The van der Waals surface area contributed by atoms with Gasteiger partial charge in [0.1, 0.15) is 11.6 Å². The van der Waals surface area contributed by atoms with E-state index in [2.05, 4.69) is 34.2 Å². The van der Waals surface area contributed by atoms with Gasteiger partial charge in [-0.3, -0.25) is 9.97 Å². The van der Waals surface area contributed by atoms with Gasteiger partial charge in [0.15, 0.2) is 0 Å². The van der Waals surface area contributed by atoms with Crippen molar-refractivity contribution in [3.63, 3.8) is 0 Å². The molecule has 0 aliphatic rings. The topological polar surface area (TPSA) is 63.7 Å². The Morgan fingerprint density at radius 3 is 2.68 bits per heavy atom. The summed E-state index contributed by atoms with van der Waals surface area (Å²) in [7, 11) is 1.68. The van der Waals surface area contributed by atoms with Crippen LogP contribution in [0.5, 0.6) is 5.75 Å². The first-order chi connectivity index (χ1) is 15.2. The van der Waals surface area contributed by atoms with Crippen LogP contribution in [-0.2, 0) is 6.42 Å². The predicted molar refractivity (Wildman–Crippen MR) is 123 cm³/mol. The van der Waals surface area contributed by atoms with E-state index in [-0.39, 0.29) is 0 Å². The Kier molecular flexibility index (Phi) is 4.92. The van der Waals surface area contributed by atoms with Crippen molar-refractivity contribution in [1.82, 2.24) is 19.9 Å². The molecule has 152 valence electrons. The maximum absolute atomic E-state index is 5.37. The number of pyridine rings is 2. The van der Waals surface area contributed by atoms with Gasteiger partial charge >= 0.3 is 0 Å². The highest BCUT2D eigenvalue weighted by Crippen LogP contribution is 2.31. The Balaban J connectivity index is 1.62. The number of H-pyrrole nitrogens is 1.